The second kappa shape index (κ2) is 2.35. The molecular formula is C6H11NO2. The van der Waals surface area contributed by atoms with Crippen molar-refractivity contribution in [3.05, 3.63) is 0 Å². The Balaban J connectivity index is 2.49. The van der Waals surface area contributed by atoms with Crippen LogP contribution < -0.4 is 5.32 Å². The summed E-state index contributed by atoms with van der Waals surface area (Å²) >= 11 is 0. The van der Waals surface area contributed by atoms with E-state index >= 15 is 0 Å². The van der Waals surface area contributed by atoms with Gasteiger partial charge in [-0.05, 0) is 12.5 Å². The minimum atomic E-state index is -0.674. The maximum absolute atomic E-state index is 10.4. The molecule has 9 heavy (non-hydrogen) atoms. The van der Waals surface area contributed by atoms with Crippen molar-refractivity contribution in [2.75, 3.05) is 13.1 Å². The lowest BCUT2D eigenvalue weighted by Gasteiger charge is -2.05. The van der Waals surface area contributed by atoms with Crippen molar-refractivity contribution in [1.29, 1.82) is 0 Å². The molecule has 0 aromatic heterocycles. The van der Waals surface area contributed by atoms with Crippen molar-refractivity contribution >= 4 is 5.97 Å². The monoisotopic (exact) mass is 129 g/mol. The molecule has 0 aromatic carbocycles. The Morgan fingerprint density at radius 2 is 2.33 bits per heavy atom. The Hall–Kier alpha value is -0.570. The Bertz CT molecular complexity index is 124. The van der Waals surface area contributed by atoms with E-state index in [4.69, 9.17) is 5.11 Å². The van der Waals surface area contributed by atoms with E-state index < -0.39 is 5.97 Å². The standard InChI is InChI=1S/C6H11NO2/c1-4-2-7-3-5(4)6(8)9/h4-5,7H,2-3H2,1H3,(H,8,9)/t4-,5-/m0/s1. The van der Waals surface area contributed by atoms with E-state index in [0.29, 0.717) is 12.5 Å². The van der Waals surface area contributed by atoms with Crippen molar-refractivity contribution in [2.24, 2.45) is 11.8 Å². The lowest BCUT2D eigenvalue weighted by molar-refractivity contribution is -0.142. The molecule has 0 unspecified atom stereocenters. The molecule has 3 heteroatoms. The smallest absolute Gasteiger partial charge is 0.308 e. The molecule has 1 saturated heterocycles. The van der Waals surface area contributed by atoms with Crippen LogP contribution >= 0.6 is 0 Å². The van der Waals surface area contributed by atoms with Gasteiger partial charge in [0.2, 0.25) is 0 Å². The van der Waals surface area contributed by atoms with E-state index in [1.54, 1.807) is 0 Å². The van der Waals surface area contributed by atoms with Crippen LogP contribution in [0.2, 0.25) is 0 Å². The van der Waals surface area contributed by atoms with Crippen molar-refractivity contribution < 1.29 is 9.90 Å². The summed E-state index contributed by atoms with van der Waals surface area (Å²) in [5, 5.41) is 11.6. The topological polar surface area (TPSA) is 49.3 Å². The zero-order chi connectivity index (χ0) is 6.85. The molecule has 0 spiro atoms. The molecule has 0 aliphatic carbocycles. The van der Waals surface area contributed by atoms with E-state index in [9.17, 15) is 4.79 Å². The van der Waals surface area contributed by atoms with Crippen molar-refractivity contribution in [1.82, 2.24) is 5.32 Å². The number of hydrogen-bond acceptors (Lipinski definition) is 2. The van der Waals surface area contributed by atoms with Gasteiger partial charge in [-0.15, -0.1) is 0 Å². The van der Waals surface area contributed by atoms with Gasteiger partial charge in [0, 0.05) is 6.54 Å². The third-order valence-electron chi connectivity index (χ3n) is 1.83. The highest BCUT2D eigenvalue weighted by atomic mass is 16.4. The summed E-state index contributed by atoms with van der Waals surface area (Å²) in [5.74, 6) is -0.542. The first-order chi connectivity index (χ1) is 4.22. The molecule has 0 radical (unpaired) electrons. The number of aliphatic carboxylic acids is 1. The quantitative estimate of drug-likeness (QED) is 0.521. The Morgan fingerprint density at radius 1 is 1.67 bits per heavy atom. The normalized spacial score (nSPS) is 34.8. The van der Waals surface area contributed by atoms with Crippen LogP contribution in [0.4, 0.5) is 0 Å². The van der Waals surface area contributed by atoms with Crippen LogP contribution in [0.3, 0.4) is 0 Å². The SMILES string of the molecule is C[C@H]1CNC[C@@H]1C(=O)O. The molecule has 0 amide bonds. The third-order valence-corrected chi connectivity index (χ3v) is 1.83. The first-order valence-corrected chi connectivity index (χ1v) is 3.15. The summed E-state index contributed by atoms with van der Waals surface area (Å²) in [5.41, 5.74) is 0. The summed E-state index contributed by atoms with van der Waals surface area (Å²) in [6, 6.07) is 0. The number of carboxylic acids is 1. The van der Waals surface area contributed by atoms with Gasteiger partial charge in [-0.25, -0.2) is 0 Å². The molecule has 52 valence electrons. The Morgan fingerprint density at radius 3 is 2.56 bits per heavy atom. The highest BCUT2D eigenvalue weighted by Gasteiger charge is 2.28. The molecule has 0 aromatic rings. The lowest BCUT2D eigenvalue weighted by atomic mass is 9.99. The molecule has 1 aliphatic rings. The zero-order valence-electron chi connectivity index (χ0n) is 5.42. The summed E-state index contributed by atoms with van der Waals surface area (Å²) in [6.07, 6.45) is 0. The maximum Gasteiger partial charge on any atom is 0.308 e. The van der Waals surface area contributed by atoms with Crippen molar-refractivity contribution in [2.45, 2.75) is 6.92 Å². The van der Waals surface area contributed by atoms with Gasteiger partial charge in [0.05, 0.1) is 5.92 Å². The number of carbonyl (C=O) groups is 1. The first-order valence-electron chi connectivity index (χ1n) is 3.15. The fourth-order valence-electron chi connectivity index (χ4n) is 1.14. The van der Waals surface area contributed by atoms with Gasteiger partial charge < -0.3 is 10.4 Å². The fourth-order valence-corrected chi connectivity index (χ4v) is 1.14. The lowest BCUT2D eigenvalue weighted by Crippen LogP contribution is -2.20. The molecule has 1 rings (SSSR count). The van der Waals surface area contributed by atoms with Crippen LogP contribution in [-0.4, -0.2) is 24.2 Å². The average molecular weight is 129 g/mol. The molecule has 1 heterocycles. The number of rotatable bonds is 1. The van der Waals surface area contributed by atoms with Gasteiger partial charge in [0.15, 0.2) is 0 Å². The number of nitrogens with one attached hydrogen (secondary N) is 1. The predicted molar refractivity (Wildman–Crippen MR) is 33.2 cm³/mol. The van der Waals surface area contributed by atoms with Crippen LogP contribution in [-0.2, 0) is 4.79 Å². The Labute approximate surface area is 54.1 Å². The van der Waals surface area contributed by atoms with Gasteiger partial charge >= 0.3 is 5.97 Å². The zero-order valence-corrected chi connectivity index (χ0v) is 5.42. The molecule has 2 atom stereocenters. The summed E-state index contributed by atoms with van der Waals surface area (Å²) < 4.78 is 0. The average Bonchev–Trinajstić information content (AvgIpc) is 2.13. The van der Waals surface area contributed by atoms with E-state index in [0.717, 1.165) is 6.54 Å². The summed E-state index contributed by atoms with van der Waals surface area (Å²) in [7, 11) is 0. The number of carboxylic acid groups (broad SMARTS) is 1. The van der Waals surface area contributed by atoms with Crippen molar-refractivity contribution in [3.63, 3.8) is 0 Å². The molecule has 1 fully saturated rings. The molecule has 0 saturated carbocycles. The van der Waals surface area contributed by atoms with E-state index in [1.165, 1.54) is 0 Å². The van der Waals surface area contributed by atoms with Crippen molar-refractivity contribution in [3.8, 4) is 0 Å². The largest absolute Gasteiger partial charge is 0.481 e. The van der Waals surface area contributed by atoms with Gasteiger partial charge in [-0.1, -0.05) is 6.92 Å². The number of hydrogen-bond donors (Lipinski definition) is 2. The molecule has 0 bridgehead atoms. The highest BCUT2D eigenvalue weighted by Crippen LogP contribution is 2.14. The predicted octanol–water partition coefficient (Wildman–Crippen LogP) is -0.0735. The molecular weight excluding hydrogens is 118 g/mol. The van der Waals surface area contributed by atoms with Gasteiger partial charge in [-0.2, -0.15) is 0 Å². The van der Waals surface area contributed by atoms with Gasteiger partial charge in [-0.3, -0.25) is 4.79 Å². The fraction of sp³-hybridized carbons (Fsp3) is 0.833. The third kappa shape index (κ3) is 1.21. The van der Waals surface area contributed by atoms with Crippen LogP contribution in [0.5, 0.6) is 0 Å². The van der Waals surface area contributed by atoms with Crippen LogP contribution in [0, 0.1) is 11.8 Å². The summed E-state index contributed by atoms with van der Waals surface area (Å²) in [4.78, 5) is 10.4. The second-order valence-corrected chi connectivity index (χ2v) is 2.58. The minimum absolute atomic E-state index is 0.162. The Kier molecular flexibility index (Phi) is 1.71. The summed E-state index contributed by atoms with van der Waals surface area (Å²) in [6.45, 7) is 3.44. The van der Waals surface area contributed by atoms with Crippen LogP contribution in [0.25, 0.3) is 0 Å². The molecule has 2 N–H and O–H groups in total. The minimum Gasteiger partial charge on any atom is -0.481 e. The first kappa shape index (κ1) is 6.55. The van der Waals surface area contributed by atoms with Gasteiger partial charge in [0.1, 0.15) is 0 Å². The molecule has 3 nitrogen and oxygen atoms in total. The van der Waals surface area contributed by atoms with E-state index in [1.807, 2.05) is 6.92 Å². The second-order valence-electron chi connectivity index (χ2n) is 2.58. The van der Waals surface area contributed by atoms with E-state index in [2.05, 4.69) is 5.32 Å². The van der Waals surface area contributed by atoms with E-state index in [-0.39, 0.29) is 5.92 Å². The van der Waals surface area contributed by atoms with Crippen LogP contribution in [0.1, 0.15) is 6.92 Å². The van der Waals surface area contributed by atoms with Gasteiger partial charge in [0.25, 0.3) is 0 Å². The highest BCUT2D eigenvalue weighted by molar-refractivity contribution is 5.71. The molecule has 1 aliphatic heterocycles. The maximum atomic E-state index is 10.4. The van der Waals surface area contributed by atoms with Crippen LogP contribution in [0.15, 0.2) is 0 Å².